The summed E-state index contributed by atoms with van der Waals surface area (Å²) < 4.78 is 45.5. The van der Waals surface area contributed by atoms with E-state index >= 15 is 4.39 Å². The van der Waals surface area contributed by atoms with E-state index in [9.17, 15) is 13.2 Å². The smallest absolute Gasteiger partial charge is 0.269 e. The van der Waals surface area contributed by atoms with Crippen LogP contribution in [0.25, 0.3) is 0 Å². The number of pyridine rings is 1. The minimum atomic E-state index is -4.52. The molecule has 1 aliphatic rings. The summed E-state index contributed by atoms with van der Waals surface area (Å²) in [5.74, 6) is -0.972. The summed E-state index contributed by atoms with van der Waals surface area (Å²) in [4.78, 5) is 12.5. The van der Waals surface area contributed by atoms with Crippen molar-refractivity contribution < 1.29 is 12.8 Å². The van der Waals surface area contributed by atoms with Crippen molar-refractivity contribution in [1.29, 1.82) is 0 Å². The Bertz CT molecular complexity index is 1590. The molecule has 178 valence electrons. The van der Waals surface area contributed by atoms with Gasteiger partial charge in [-0.2, -0.15) is 0 Å². The highest BCUT2D eigenvalue weighted by molar-refractivity contribution is 7.92. The number of rotatable bonds is 4. The Balaban J connectivity index is 1.83. The molecule has 2 heterocycles. The molecular weight excluding hydrogens is 534 g/mol. The van der Waals surface area contributed by atoms with Crippen molar-refractivity contribution in [3.8, 4) is 0 Å². The monoisotopic (exact) mass is 548 g/mol. The highest BCUT2D eigenvalue weighted by Crippen LogP contribution is 2.49. The van der Waals surface area contributed by atoms with Crippen LogP contribution in [0.2, 0.25) is 15.1 Å². The van der Waals surface area contributed by atoms with Crippen molar-refractivity contribution in [3.05, 3.63) is 127 Å². The van der Waals surface area contributed by atoms with Crippen molar-refractivity contribution in [3.63, 3.8) is 0 Å². The lowest BCUT2D eigenvalue weighted by Crippen LogP contribution is -2.34. The Hall–Kier alpha value is -2.84. The molecule has 0 amide bonds. The lowest BCUT2D eigenvalue weighted by Gasteiger charge is -2.29. The molecule has 0 bridgehead atoms. The molecule has 1 aliphatic heterocycles. The maximum Gasteiger partial charge on any atom is 0.269 e. The Morgan fingerprint density at radius 2 is 1.26 bits per heavy atom. The summed E-state index contributed by atoms with van der Waals surface area (Å²) in [5.41, 5.74) is 0.794. The maximum atomic E-state index is 15.0. The van der Waals surface area contributed by atoms with Crippen LogP contribution in [0.3, 0.4) is 0 Å². The molecule has 0 saturated carbocycles. The molecule has 3 aromatic carbocycles. The number of benzene rings is 3. The molecule has 0 N–H and O–H groups in total. The highest BCUT2D eigenvalue weighted by Gasteiger charge is 2.47. The van der Waals surface area contributed by atoms with Crippen molar-refractivity contribution in [2.24, 2.45) is 0 Å². The number of fused-ring (bicyclic) bond motifs is 1. The summed E-state index contributed by atoms with van der Waals surface area (Å²) in [6.45, 7) is 0. The first-order chi connectivity index (χ1) is 16.7. The first-order valence-electron chi connectivity index (χ1n) is 10.4. The molecule has 35 heavy (non-hydrogen) atoms. The highest BCUT2D eigenvalue weighted by atomic mass is 35.5. The van der Waals surface area contributed by atoms with E-state index in [1.165, 1.54) is 34.9 Å². The van der Waals surface area contributed by atoms with Gasteiger partial charge in [0.1, 0.15) is 10.7 Å². The molecule has 5 rings (SSSR count). The maximum absolute atomic E-state index is 15.0. The summed E-state index contributed by atoms with van der Waals surface area (Å²) in [6.07, 6.45) is 0. The lowest BCUT2D eigenvalue weighted by atomic mass is 9.94. The van der Waals surface area contributed by atoms with Gasteiger partial charge in [0.2, 0.25) is 0 Å². The summed E-state index contributed by atoms with van der Waals surface area (Å²) in [6, 6.07) is 19.8. The van der Waals surface area contributed by atoms with Gasteiger partial charge in [0.15, 0.2) is 5.82 Å². The van der Waals surface area contributed by atoms with Gasteiger partial charge in [0, 0.05) is 16.1 Å². The second kappa shape index (κ2) is 8.99. The Morgan fingerprint density at radius 3 is 1.86 bits per heavy atom. The Morgan fingerprint density at radius 1 is 0.714 bits per heavy atom. The number of anilines is 1. The first kappa shape index (κ1) is 23.9. The van der Waals surface area contributed by atoms with Gasteiger partial charge < -0.3 is 0 Å². The molecule has 0 spiro atoms. The van der Waals surface area contributed by atoms with Crippen LogP contribution in [0.5, 0.6) is 0 Å². The predicted molar refractivity (Wildman–Crippen MR) is 136 cm³/mol. The number of hydrogen-bond donors (Lipinski definition) is 0. The third-order valence-corrected chi connectivity index (χ3v) is 8.50. The third-order valence-electron chi connectivity index (χ3n) is 5.90. The molecular formula is C25H16Cl3FN2O3S. The zero-order valence-corrected chi connectivity index (χ0v) is 20.9. The normalized spacial score (nSPS) is 17.4. The predicted octanol–water partition coefficient (Wildman–Crippen LogP) is 6.49. The van der Waals surface area contributed by atoms with E-state index in [0.29, 0.717) is 21.2 Å². The number of sulfonamides is 1. The summed E-state index contributed by atoms with van der Waals surface area (Å²) >= 11 is 18.1. The quantitative estimate of drug-likeness (QED) is 0.292. The fourth-order valence-corrected chi connectivity index (χ4v) is 6.60. The average Bonchev–Trinajstić information content (AvgIpc) is 3.19. The molecule has 10 heteroatoms. The van der Waals surface area contributed by atoms with Gasteiger partial charge in [-0.05, 0) is 53.6 Å². The van der Waals surface area contributed by atoms with Crippen molar-refractivity contribution in [1.82, 2.24) is 4.57 Å². The van der Waals surface area contributed by atoms with Gasteiger partial charge in [-0.15, -0.1) is 0 Å². The number of hydrogen-bond acceptors (Lipinski definition) is 3. The minimum Gasteiger partial charge on any atom is -0.284 e. The minimum absolute atomic E-state index is 0.0942. The molecule has 0 aliphatic carbocycles. The van der Waals surface area contributed by atoms with Crippen LogP contribution >= 0.6 is 34.8 Å². The molecule has 1 aromatic heterocycles. The molecule has 0 radical (unpaired) electrons. The van der Waals surface area contributed by atoms with Gasteiger partial charge in [0.05, 0.1) is 17.1 Å². The molecule has 2 atom stereocenters. The van der Waals surface area contributed by atoms with E-state index in [1.807, 2.05) is 0 Å². The fourth-order valence-electron chi connectivity index (χ4n) is 4.39. The largest absolute Gasteiger partial charge is 0.284 e. The number of nitrogens with zero attached hydrogens (tertiary/aromatic N) is 2. The van der Waals surface area contributed by atoms with Crippen LogP contribution in [-0.2, 0) is 10.0 Å². The molecule has 5 nitrogen and oxygen atoms in total. The van der Waals surface area contributed by atoms with Crippen LogP contribution in [0.1, 0.15) is 23.2 Å². The second-order valence-corrected chi connectivity index (χ2v) is 11.0. The molecule has 0 fully saturated rings. The average molecular weight is 550 g/mol. The van der Waals surface area contributed by atoms with E-state index in [4.69, 9.17) is 34.8 Å². The van der Waals surface area contributed by atoms with Crippen LogP contribution in [0.15, 0.2) is 94.6 Å². The van der Waals surface area contributed by atoms with Crippen LogP contribution < -0.4 is 9.86 Å². The van der Waals surface area contributed by atoms with Crippen LogP contribution in [-0.4, -0.2) is 13.0 Å². The first-order valence-corrected chi connectivity index (χ1v) is 13.0. The lowest BCUT2D eigenvalue weighted by molar-refractivity contribution is 0.525. The molecule has 0 unspecified atom stereocenters. The zero-order valence-electron chi connectivity index (χ0n) is 17.8. The molecule has 4 aromatic rings. The van der Waals surface area contributed by atoms with Gasteiger partial charge in [-0.25, -0.2) is 17.1 Å². The topological polar surface area (TPSA) is 59.4 Å². The van der Waals surface area contributed by atoms with Crippen LogP contribution in [0, 0.1) is 5.82 Å². The second-order valence-electron chi connectivity index (χ2n) is 7.94. The summed E-state index contributed by atoms with van der Waals surface area (Å²) in [7, 11) is -4.52. The van der Waals surface area contributed by atoms with Gasteiger partial charge in [-0.1, -0.05) is 71.2 Å². The zero-order chi connectivity index (χ0) is 24.9. The van der Waals surface area contributed by atoms with Gasteiger partial charge in [0.25, 0.3) is 15.6 Å². The van der Waals surface area contributed by atoms with Gasteiger partial charge >= 0.3 is 0 Å². The van der Waals surface area contributed by atoms with E-state index in [1.54, 1.807) is 48.5 Å². The molecule has 0 saturated heterocycles. The fraction of sp³-hybridized carbons (Fsp3) is 0.0800. The summed E-state index contributed by atoms with van der Waals surface area (Å²) in [5, 5.41) is 0.619. The van der Waals surface area contributed by atoms with E-state index < -0.39 is 38.4 Å². The van der Waals surface area contributed by atoms with Crippen molar-refractivity contribution in [2.75, 3.05) is 4.31 Å². The Labute approximate surface area is 216 Å². The van der Waals surface area contributed by atoms with E-state index in [-0.39, 0.29) is 10.8 Å². The number of aromatic nitrogens is 1. The third kappa shape index (κ3) is 4.02. The number of halogens is 4. The van der Waals surface area contributed by atoms with E-state index in [2.05, 4.69) is 0 Å². The van der Waals surface area contributed by atoms with E-state index in [0.717, 1.165) is 10.4 Å². The van der Waals surface area contributed by atoms with Crippen LogP contribution in [0.4, 0.5) is 10.2 Å². The van der Waals surface area contributed by atoms with Crippen molar-refractivity contribution >= 4 is 50.6 Å². The van der Waals surface area contributed by atoms with Gasteiger partial charge in [-0.3, -0.25) is 9.36 Å². The SMILES string of the molecule is O=c1cccc2n1[C@H](c1ccc(Cl)cc1)[C@H](c1ccc(Cl)cc1)N2S(=O)(=O)c1cccc(Cl)c1F. The van der Waals surface area contributed by atoms with Crippen molar-refractivity contribution in [2.45, 2.75) is 17.0 Å². The standard InChI is InChI=1S/C25H16Cl3FN2O3S/c26-17-11-7-15(8-12-17)24-25(16-9-13-18(27)14-10-16)31(21-5-2-6-22(32)30(21)24)35(33,34)20-4-1-3-19(28)23(20)29/h1-14,24-25H/t24-,25+/m1/s1. The Kier molecular flexibility index (Phi) is 6.13.